The number of rotatable bonds is 7. The zero-order valence-corrected chi connectivity index (χ0v) is 17.4. The standard InChI is InChI=1S/C20H25ClN2O6/c1-12(19(25)23-20(26)22-14-6-4-5-7-14)29-17(24)9-8-13-10-15(21)18(28-3)16(11-13)27-2/h8-12,14H,4-7H2,1-3H3,(H2,22,23,25,26)/b9-8+/t12-/m1/s1. The molecule has 1 aromatic rings. The highest BCUT2D eigenvalue weighted by Gasteiger charge is 2.22. The third-order valence-electron chi connectivity index (χ3n) is 4.46. The Kier molecular flexibility index (Phi) is 8.33. The van der Waals surface area contributed by atoms with Crippen molar-refractivity contribution in [2.24, 2.45) is 0 Å². The van der Waals surface area contributed by atoms with Crippen LogP contribution in [0.1, 0.15) is 38.2 Å². The summed E-state index contributed by atoms with van der Waals surface area (Å²) in [7, 11) is 2.94. The molecule has 158 valence electrons. The van der Waals surface area contributed by atoms with E-state index in [1.807, 2.05) is 0 Å². The van der Waals surface area contributed by atoms with Crippen LogP contribution in [0.3, 0.4) is 0 Å². The lowest BCUT2D eigenvalue weighted by molar-refractivity contribution is -0.149. The zero-order chi connectivity index (χ0) is 21.4. The molecule has 9 heteroatoms. The van der Waals surface area contributed by atoms with Crippen LogP contribution in [0.4, 0.5) is 4.79 Å². The first-order valence-electron chi connectivity index (χ1n) is 9.25. The van der Waals surface area contributed by atoms with Crippen molar-refractivity contribution < 1.29 is 28.6 Å². The predicted octanol–water partition coefficient (Wildman–Crippen LogP) is 3.07. The second kappa shape index (κ2) is 10.7. The Hall–Kier alpha value is -2.74. The summed E-state index contributed by atoms with van der Waals surface area (Å²) < 4.78 is 15.4. The first-order valence-corrected chi connectivity index (χ1v) is 9.63. The molecule has 0 bridgehead atoms. The molecule has 1 aliphatic rings. The van der Waals surface area contributed by atoms with E-state index in [-0.39, 0.29) is 6.04 Å². The highest BCUT2D eigenvalue weighted by atomic mass is 35.5. The van der Waals surface area contributed by atoms with Crippen molar-refractivity contribution >= 4 is 35.6 Å². The van der Waals surface area contributed by atoms with Crippen molar-refractivity contribution in [3.05, 3.63) is 28.8 Å². The molecule has 1 fully saturated rings. The number of benzene rings is 1. The van der Waals surface area contributed by atoms with Crippen LogP contribution < -0.4 is 20.1 Å². The summed E-state index contributed by atoms with van der Waals surface area (Å²) in [6, 6.07) is 2.73. The van der Waals surface area contributed by atoms with E-state index < -0.39 is 24.0 Å². The third-order valence-corrected chi connectivity index (χ3v) is 4.74. The van der Waals surface area contributed by atoms with Crippen LogP contribution in [-0.2, 0) is 14.3 Å². The summed E-state index contributed by atoms with van der Waals surface area (Å²) in [5.74, 6) is -0.643. The molecular weight excluding hydrogens is 400 g/mol. The van der Waals surface area contributed by atoms with Crippen molar-refractivity contribution in [2.45, 2.75) is 44.8 Å². The average molecular weight is 425 g/mol. The number of hydrogen-bond donors (Lipinski definition) is 2. The maximum Gasteiger partial charge on any atom is 0.331 e. The van der Waals surface area contributed by atoms with Crippen LogP contribution in [-0.4, -0.2) is 44.3 Å². The topological polar surface area (TPSA) is 103 Å². The highest BCUT2D eigenvalue weighted by molar-refractivity contribution is 6.32. The van der Waals surface area contributed by atoms with Gasteiger partial charge in [0.05, 0.1) is 19.2 Å². The van der Waals surface area contributed by atoms with Crippen LogP contribution in [0.15, 0.2) is 18.2 Å². The lowest BCUT2D eigenvalue weighted by Crippen LogP contribution is -2.47. The smallest absolute Gasteiger partial charge is 0.331 e. The Bertz CT molecular complexity index is 789. The monoisotopic (exact) mass is 424 g/mol. The van der Waals surface area contributed by atoms with Gasteiger partial charge in [0.2, 0.25) is 0 Å². The Morgan fingerprint density at radius 2 is 1.86 bits per heavy atom. The second-order valence-electron chi connectivity index (χ2n) is 6.59. The quantitative estimate of drug-likeness (QED) is 0.515. The van der Waals surface area contributed by atoms with Gasteiger partial charge in [-0.05, 0) is 43.5 Å². The summed E-state index contributed by atoms with van der Waals surface area (Å²) >= 11 is 6.12. The predicted molar refractivity (Wildman–Crippen MR) is 108 cm³/mol. The summed E-state index contributed by atoms with van der Waals surface area (Å²) in [6.45, 7) is 1.39. The number of nitrogens with one attached hydrogen (secondary N) is 2. The van der Waals surface area contributed by atoms with Gasteiger partial charge in [-0.2, -0.15) is 0 Å². The maximum absolute atomic E-state index is 12.0. The molecule has 0 radical (unpaired) electrons. The first-order chi connectivity index (χ1) is 13.8. The van der Waals surface area contributed by atoms with Crippen molar-refractivity contribution in [1.29, 1.82) is 0 Å². The van der Waals surface area contributed by atoms with Gasteiger partial charge in [-0.25, -0.2) is 9.59 Å². The molecule has 0 spiro atoms. The minimum absolute atomic E-state index is 0.0805. The lowest BCUT2D eigenvalue weighted by Gasteiger charge is -2.15. The fourth-order valence-electron chi connectivity index (χ4n) is 2.97. The lowest BCUT2D eigenvalue weighted by atomic mass is 10.2. The molecule has 0 aromatic heterocycles. The van der Waals surface area contributed by atoms with Crippen LogP contribution in [0.25, 0.3) is 6.08 Å². The number of imide groups is 1. The molecule has 8 nitrogen and oxygen atoms in total. The SMILES string of the molecule is COc1cc(/C=C/C(=O)O[C@H](C)C(=O)NC(=O)NC2CCCC2)cc(Cl)c1OC. The minimum atomic E-state index is -1.13. The molecule has 1 aliphatic carbocycles. The highest BCUT2D eigenvalue weighted by Crippen LogP contribution is 2.36. The van der Waals surface area contributed by atoms with Gasteiger partial charge in [0, 0.05) is 12.1 Å². The molecule has 0 aliphatic heterocycles. The van der Waals surface area contributed by atoms with Crippen LogP contribution >= 0.6 is 11.6 Å². The molecule has 29 heavy (non-hydrogen) atoms. The van der Waals surface area contributed by atoms with Gasteiger partial charge < -0.3 is 19.5 Å². The summed E-state index contributed by atoms with van der Waals surface area (Å²) in [6.07, 6.45) is 5.41. The van der Waals surface area contributed by atoms with E-state index in [9.17, 15) is 14.4 Å². The fraction of sp³-hybridized carbons (Fsp3) is 0.450. The number of amides is 3. The molecule has 2 N–H and O–H groups in total. The Morgan fingerprint density at radius 1 is 1.17 bits per heavy atom. The zero-order valence-electron chi connectivity index (χ0n) is 16.6. The Balaban J connectivity index is 1.88. The van der Waals surface area contributed by atoms with E-state index in [2.05, 4.69) is 10.6 Å². The second-order valence-corrected chi connectivity index (χ2v) is 7.00. The number of ether oxygens (including phenoxy) is 3. The molecule has 1 saturated carbocycles. The maximum atomic E-state index is 12.0. The summed E-state index contributed by atoms with van der Waals surface area (Å²) in [5, 5.41) is 5.23. The van der Waals surface area contributed by atoms with Gasteiger partial charge in [0.1, 0.15) is 0 Å². The number of hydrogen-bond acceptors (Lipinski definition) is 6. The van der Waals surface area contributed by atoms with E-state index in [0.29, 0.717) is 22.1 Å². The average Bonchev–Trinajstić information content (AvgIpc) is 3.18. The van der Waals surface area contributed by atoms with Gasteiger partial charge >= 0.3 is 12.0 Å². The molecule has 3 amide bonds. The van der Waals surface area contributed by atoms with Gasteiger partial charge in [0.15, 0.2) is 17.6 Å². The Labute approximate surface area is 174 Å². The summed E-state index contributed by atoms with van der Waals surface area (Å²) in [5.41, 5.74) is 0.581. The van der Waals surface area contributed by atoms with Crippen molar-refractivity contribution in [2.75, 3.05) is 14.2 Å². The third kappa shape index (κ3) is 6.67. The Morgan fingerprint density at radius 3 is 2.48 bits per heavy atom. The number of carbonyl (C=O) groups is 3. The molecule has 0 unspecified atom stereocenters. The van der Waals surface area contributed by atoms with Gasteiger partial charge in [0.25, 0.3) is 5.91 Å². The molecule has 0 heterocycles. The minimum Gasteiger partial charge on any atom is -0.493 e. The molecule has 1 atom stereocenters. The number of carbonyl (C=O) groups excluding carboxylic acids is 3. The number of esters is 1. The van der Waals surface area contributed by atoms with Crippen molar-refractivity contribution in [1.82, 2.24) is 10.6 Å². The van der Waals surface area contributed by atoms with E-state index in [4.69, 9.17) is 25.8 Å². The van der Waals surface area contributed by atoms with Gasteiger partial charge in [-0.1, -0.05) is 24.4 Å². The van der Waals surface area contributed by atoms with Crippen molar-refractivity contribution in [3.8, 4) is 11.5 Å². The molecule has 1 aromatic carbocycles. The normalized spacial score (nSPS) is 15.0. The molecular formula is C20H25ClN2O6. The number of urea groups is 1. The van der Waals surface area contributed by atoms with Crippen molar-refractivity contribution in [3.63, 3.8) is 0 Å². The van der Waals surface area contributed by atoms with E-state index in [0.717, 1.165) is 31.8 Å². The molecule has 2 rings (SSSR count). The van der Waals surface area contributed by atoms with E-state index in [1.54, 1.807) is 12.1 Å². The van der Waals surface area contributed by atoms with E-state index in [1.165, 1.54) is 27.2 Å². The fourth-order valence-corrected chi connectivity index (χ4v) is 3.27. The van der Waals surface area contributed by atoms with Crippen LogP contribution in [0, 0.1) is 0 Å². The summed E-state index contributed by atoms with van der Waals surface area (Å²) in [4.78, 5) is 35.8. The van der Waals surface area contributed by atoms with Gasteiger partial charge in [-0.15, -0.1) is 0 Å². The largest absolute Gasteiger partial charge is 0.493 e. The van der Waals surface area contributed by atoms with E-state index >= 15 is 0 Å². The van der Waals surface area contributed by atoms with Crippen LogP contribution in [0.5, 0.6) is 11.5 Å². The van der Waals surface area contributed by atoms with Gasteiger partial charge in [-0.3, -0.25) is 10.1 Å². The first kappa shape index (κ1) is 22.5. The number of halogens is 1. The number of methoxy groups -OCH3 is 2. The van der Waals surface area contributed by atoms with Crippen LogP contribution in [0.2, 0.25) is 5.02 Å². The molecule has 0 saturated heterocycles.